The van der Waals surface area contributed by atoms with E-state index in [2.05, 4.69) is 5.10 Å². The van der Waals surface area contributed by atoms with Gasteiger partial charge in [0.25, 0.3) is 0 Å². The molecule has 6 heteroatoms. The van der Waals surface area contributed by atoms with Crippen LogP contribution in [0.1, 0.15) is 0 Å². The molecule has 0 saturated heterocycles. The number of aliphatic hydroxyl groups excluding tert-OH is 1. The predicted octanol–water partition coefficient (Wildman–Crippen LogP) is 1.84. The minimum atomic E-state index is 0.0243. The van der Waals surface area contributed by atoms with Crippen LogP contribution in [0.2, 0.25) is 4.34 Å². The molecule has 0 aromatic carbocycles. The Morgan fingerprint density at radius 1 is 1.53 bits per heavy atom. The Morgan fingerprint density at radius 2 is 2.33 bits per heavy atom. The highest BCUT2D eigenvalue weighted by molar-refractivity contribution is 7.19. The highest BCUT2D eigenvalue weighted by atomic mass is 35.5. The van der Waals surface area contributed by atoms with E-state index in [-0.39, 0.29) is 6.61 Å². The molecule has 0 radical (unpaired) electrons. The van der Waals surface area contributed by atoms with Gasteiger partial charge in [0.05, 0.1) is 22.4 Å². The molecular formula is C9H10ClN3OS. The van der Waals surface area contributed by atoms with Crippen molar-refractivity contribution < 1.29 is 5.11 Å². The number of nitrogens with zero attached hydrogens (tertiary/aromatic N) is 2. The maximum Gasteiger partial charge on any atom is 0.122 e. The number of anilines is 1. The summed E-state index contributed by atoms with van der Waals surface area (Å²) in [5.41, 5.74) is 6.52. The first kappa shape index (κ1) is 10.5. The predicted molar refractivity (Wildman–Crippen MR) is 62.0 cm³/mol. The average Bonchev–Trinajstić information content (AvgIpc) is 2.75. The minimum Gasteiger partial charge on any atom is -0.394 e. The lowest BCUT2D eigenvalue weighted by Crippen LogP contribution is -2.07. The molecule has 0 aliphatic rings. The number of nitrogens with two attached hydrogens (primary N) is 1. The highest BCUT2D eigenvalue weighted by Crippen LogP contribution is 2.30. The second kappa shape index (κ2) is 4.22. The van der Waals surface area contributed by atoms with Gasteiger partial charge in [0, 0.05) is 6.07 Å². The van der Waals surface area contributed by atoms with Gasteiger partial charge in [0.15, 0.2) is 0 Å². The van der Waals surface area contributed by atoms with Crippen molar-refractivity contribution in [3.05, 3.63) is 22.5 Å². The summed E-state index contributed by atoms with van der Waals surface area (Å²) in [6, 6.07) is 5.50. The second-order valence-corrected chi connectivity index (χ2v) is 4.72. The van der Waals surface area contributed by atoms with Gasteiger partial charge in [-0.05, 0) is 12.1 Å². The van der Waals surface area contributed by atoms with Crippen molar-refractivity contribution in [2.75, 3.05) is 12.3 Å². The minimum absolute atomic E-state index is 0.0243. The molecule has 0 unspecified atom stereocenters. The number of halogens is 1. The Hall–Kier alpha value is -1.04. The Bertz CT molecular complexity index is 466. The number of hydrogen-bond donors (Lipinski definition) is 2. The van der Waals surface area contributed by atoms with E-state index >= 15 is 0 Å². The topological polar surface area (TPSA) is 64.1 Å². The fraction of sp³-hybridized carbons (Fsp3) is 0.222. The molecule has 4 nitrogen and oxygen atoms in total. The summed E-state index contributed by atoms with van der Waals surface area (Å²) in [4.78, 5) is 0.975. The summed E-state index contributed by atoms with van der Waals surface area (Å²) < 4.78 is 2.29. The molecule has 0 saturated carbocycles. The first-order valence-corrected chi connectivity index (χ1v) is 5.60. The number of aromatic nitrogens is 2. The molecule has 3 N–H and O–H groups in total. The van der Waals surface area contributed by atoms with E-state index in [4.69, 9.17) is 22.4 Å². The molecule has 0 aliphatic carbocycles. The van der Waals surface area contributed by atoms with E-state index < -0.39 is 0 Å². The van der Waals surface area contributed by atoms with Crippen LogP contribution in [0.25, 0.3) is 10.6 Å². The number of rotatable bonds is 3. The molecule has 2 aromatic rings. The molecule has 0 amide bonds. The van der Waals surface area contributed by atoms with Crippen LogP contribution < -0.4 is 5.73 Å². The fourth-order valence-electron chi connectivity index (χ4n) is 1.28. The van der Waals surface area contributed by atoms with Crippen molar-refractivity contribution >= 4 is 28.8 Å². The lowest BCUT2D eigenvalue weighted by Gasteiger charge is -1.98. The summed E-state index contributed by atoms with van der Waals surface area (Å²) in [6.45, 7) is 0.432. The van der Waals surface area contributed by atoms with Gasteiger partial charge in [-0.2, -0.15) is 5.10 Å². The third-order valence-corrected chi connectivity index (χ3v) is 3.20. The van der Waals surface area contributed by atoms with Gasteiger partial charge < -0.3 is 10.8 Å². The monoisotopic (exact) mass is 243 g/mol. The largest absolute Gasteiger partial charge is 0.394 e. The molecule has 80 valence electrons. The van der Waals surface area contributed by atoms with Crippen molar-refractivity contribution in [2.45, 2.75) is 6.54 Å². The van der Waals surface area contributed by atoms with Gasteiger partial charge in [-0.25, -0.2) is 4.68 Å². The third kappa shape index (κ3) is 2.14. The van der Waals surface area contributed by atoms with Gasteiger partial charge in [-0.15, -0.1) is 11.3 Å². The van der Waals surface area contributed by atoms with Gasteiger partial charge in [0.1, 0.15) is 11.5 Å². The lowest BCUT2D eigenvalue weighted by atomic mass is 10.3. The van der Waals surface area contributed by atoms with Crippen LogP contribution in [-0.4, -0.2) is 21.5 Å². The normalized spacial score (nSPS) is 10.8. The van der Waals surface area contributed by atoms with Crippen LogP contribution in [0.15, 0.2) is 18.2 Å². The molecule has 0 spiro atoms. The Labute approximate surface area is 95.9 Å². The average molecular weight is 244 g/mol. The molecule has 15 heavy (non-hydrogen) atoms. The summed E-state index contributed by atoms with van der Waals surface area (Å²) in [5.74, 6) is 0.545. The number of nitrogen functional groups attached to an aromatic ring is 1. The van der Waals surface area contributed by atoms with Gasteiger partial charge in [-0.1, -0.05) is 11.6 Å². The molecule has 0 aliphatic heterocycles. The van der Waals surface area contributed by atoms with Crippen LogP contribution in [0.5, 0.6) is 0 Å². The molecular weight excluding hydrogens is 234 g/mol. The molecule has 2 aromatic heterocycles. The van der Waals surface area contributed by atoms with E-state index in [1.54, 1.807) is 10.7 Å². The van der Waals surface area contributed by atoms with Crippen molar-refractivity contribution in [1.82, 2.24) is 9.78 Å². The smallest absolute Gasteiger partial charge is 0.122 e. The van der Waals surface area contributed by atoms with Gasteiger partial charge in [-0.3, -0.25) is 0 Å². The highest BCUT2D eigenvalue weighted by Gasteiger charge is 2.08. The maximum atomic E-state index is 8.79. The zero-order valence-electron chi connectivity index (χ0n) is 7.85. The molecule has 0 fully saturated rings. The molecule has 2 rings (SSSR count). The Morgan fingerprint density at radius 3 is 2.93 bits per heavy atom. The molecule has 0 bridgehead atoms. The number of hydrogen-bond acceptors (Lipinski definition) is 4. The van der Waals surface area contributed by atoms with Crippen molar-refractivity contribution in [3.8, 4) is 10.6 Å². The Kier molecular flexibility index (Phi) is 2.95. The van der Waals surface area contributed by atoms with Crippen molar-refractivity contribution in [3.63, 3.8) is 0 Å². The van der Waals surface area contributed by atoms with E-state index in [1.165, 1.54) is 11.3 Å². The van der Waals surface area contributed by atoms with E-state index in [0.717, 1.165) is 14.9 Å². The van der Waals surface area contributed by atoms with Crippen LogP contribution in [0, 0.1) is 0 Å². The third-order valence-electron chi connectivity index (χ3n) is 1.95. The second-order valence-electron chi connectivity index (χ2n) is 3.00. The van der Waals surface area contributed by atoms with Crippen LogP contribution >= 0.6 is 22.9 Å². The summed E-state index contributed by atoms with van der Waals surface area (Å²) in [6.07, 6.45) is 0. The first-order chi connectivity index (χ1) is 7.20. The summed E-state index contributed by atoms with van der Waals surface area (Å²) in [5, 5.41) is 13.1. The van der Waals surface area contributed by atoms with E-state index in [1.807, 2.05) is 12.1 Å². The lowest BCUT2D eigenvalue weighted by molar-refractivity contribution is 0.270. The molecule has 2 heterocycles. The van der Waals surface area contributed by atoms with Gasteiger partial charge in [0.2, 0.25) is 0 Å². The van der Waals surface area contributed by atoms with Gasteiger partial charge >= 0.3 is 0 Å². The fourth-order valence-corrected chi connectivity index (χ4v) is 2.28. The quantitative estimate of drug-likeness (QED) is 0.865. The summed E-state index contributed by atoms with van der Waals surface area (Å²) in [7, 11) is 0. The van der Waals surface area contributed by atoms with Crippen LogP contribution in [0.3, 0.4) is 0 Å². The molecule has 0 atom stereocenters. The van der Waals surface area contributed by atoms with Crippen LogP contribution in [0.4, 0.5) is 5.82 Å². The number of thiophene rings is 1. The summed E-state index contributed by atoms with van der Waals surface area (Å²) >= 11 is 7.28. The van der Waals surface area contributed by atoms with Crippen molar-refractivity contribution in [1.29, 1.82) is 0 Å². The maximum absolute atomic E-state index is 8.79. The Balaban J connectivity index is 2.33. The SMILES string of the molecule is Nc1cc(-c2ccc(Cl)s2)nn1CCO. The zero-order valence-corrected chi connectivity index (χ0v) is 9.42. The van der Waals surface area contributed by atoms with Crippen LogP contribution in [-0.2, 0) is 6.54 Å². The van der Waals surface area contributed by atoms with E-state index in [9.17, 15) is 0 Å². The standard InChI is InChI=1S/C9H10ClN3OS/c10-8-2-1-7(15-8)6-5-9(11)13(12-6)3-4-14/h1-2,5,14H,3-4,11H2. The number of aliphatic hydroxyl groups is 1. The van der Waals surface area contributed by atoms with Crippen molar-refractivity contribution in [2.24, 2.45) is 0 Å². The van der Waals surface area contributed by atoms with E-state index in [0.29, 0.717) is 12.4 Å². The zero-order chi connectivity index (χ0) is 10.8. The first-order valence-electron chi connectivity index (χ1n) is 4.40.